The van der Waals surface area contributed by atoms with Crippen molar-refractivity contribution in [2.45, 2.75) is 47.0 Å². The Bertz CT molecular complexity index is 795. The zero-order valence-corrected chi connectivity index (χ0v) is 16.4. The fraction of sp³-hybridized carbons (Fsp3) is 0.550. The predicted octanol–water partition coefficient (Wildman–Crippen LogP) is 3.68. The quantitative estimate of drug-likeness (QED) is 0.737. The molecule has 1 aromatic carbocycles. The smallest absolute Gasteiger partial charge is 0.231 e. The lowest BCUT2D eigenvalue weighted by Crippen LogP contribution is -2.35. The summed E-state index contributed by atoms with van der Waals surface area (Å²) in [6.07, 6.45) is 1.98. The van der Waals surface area contributed by atoms with Gasteiger partial charge in [-0.2, -0.15) is 4.98 Å². The van der Waals surface area contributed by atoms with Gasteiger partial charge in [0, 0.05) is 31.5 Å². The largest absolute Gasteiger partial charge is 0.454 e. The summed E-state index contributed by atoms with van der Waals surface area (Å²) >= 11 is 0. The van der Waals surface area contributed by atoms with E-state index < -0.39 is 0 Å². The first kappa shape index (κ1) is 19.2. The van der Waals surface area contributed by atoms with Crippen molar-refractivity contribution in [3.63, 3.8) is 0 Å². The third-order valence-corrected chi connectivity index (χ3v) is 4.22. The highest BCUT2D eigenvalue weighted by Crippen LogP contribution is 2.35. The van der Waals surface area contributed by atoms with Crippen molar-refractivity contribution in [2.24, 2.45) is 5.41 Å². The van der Waals surface area contributed by atoms with Crippen molar-refractivity contribution >= 4 is 5.91 Å². The monoisotopic (exact) mass is 373 g/mol. The van der Waals surface area contributed by atoms with Crippen LogP contribution in [0.1, 0.15) is 46.4 Å². The Labute approximate surface area is 159 Å². The number of aromatic nitrogens is 2. The first-order valence-corrected chi connectivity index (χ1v) is 9.36. The second-order valence-corrected chi connectivity index (χ2v) is 7.95. The Hall–Kier alpha value is -2.57. The van der Waals surface area contributed by atoms with E-state index in [-0.39, 0.29) is 18.1 Å². The molecule has 0 bridgehead atoms. The number of amides is 1. The number of rotatable bonds is 7. The van der Waals surface area contributed by atoms with Gasteiger partial charge >= 0.3 is 0 Å². The van der Waals surface area contributed by atoms with E-state index in [1.807, 2.05) is 23.1 Å². The number of ether oxygens (including phenoxy) is 2. The number of benzene rings is 1. The SMILES string of the molecule is CCCN(CCc1nc(-c2ccc3c(c2)OCO3)no1)C(=O)CC(C)(C)C. The van der Waals surface area contributed by atoms with Gasteiger partial charge in [0.1, 0.15) is 0 Å². The van der Waals surface area contributed by atoms with Crippen LogP contribution in [0.2, 0.25) is 0 Å². The molecule has 27 heavy (non-hydrogen) atoms. The van der Waals surface area contributed by atoms with Gasteiger partial charge in [-0.3, -0.25) is 4.79 Å². The van der Waals surface area contributed by atoms with Crippen LogP contribution in [0, 0.1) is 5.41 Å². The molecule has 0 saturated heterocycles. The molecule has 0 N–H and O–H groups in total. The number of fused-ring (bicyclic) bond motifs is 1. The first-order valence-electron chi connectivity index (χ1n) is 9.36. The lowest BCUT2D eigenvalue weighted by atomic mass is 9.91. The fourth-order valence-electron chi connectivity index (χ4n) is 2.94. The van der Waals surface area contributed by atoms with E-state index in [1.165, 1.54) is 0 Å². The van der Waals surface area contributed by atoms with Gasteiger partial charge in [0.05, 0.1) is 0 Å². The van der Waals surface area contributed by atoms with E-state index in [0.29, 0.717) is 36.9 Å². The van der Waals surface area contributed by atoms with Gasteiger partial charge in [-0.05, 0) is 30.0 Å². The van der Waals surface area contributed by atoms with Crippen LogP contribution in [0.15, 0.2) is 22.7 Å². The highest BCUT2D eigenvalue weighted by atomic mass is 16.7. The number of hydrogen-bond acceptors (Lipinski definition) is 6. The number of carbonyl (C=O) groups is 1. The average Bonchev–Trinajstić information content (AvgIpc) is 3.25. The molecule has 146 valence electrons. The number of carbonyl (C=O) groups excluding carboxylic acids is 1. The third-order valence-electron chi connectivity index (χ3n) is 4.22. The molecule has 0 aliphatic carbocycles. The van der Waals surface area contributed by atoms with Crippen molar-refractivity contribution in [1.29, 1.82) is 0 Å². The lowest BCUT2D eigenvalue weighted by molar-refractivity contribution is -0.133. The predicted molar refractivity (Wildman–Crippen MR) is 101 cm³/mol. The van der Waals surface area contributed by atoms with Gasteiger partial charge in [0.25, 0.3) is 0 Å². The molecule has 0 unspecified atom stereocenters. The van der Waals surface area contributed by atoms with Crippen LogP contribution in [0.4, 0.5) is 0 Å². The molecule has 0 saturated carbocycles. The summed E-state index contributed by atoms with van der Waals surface area (Å²) in [6.45, 7) is 9.83. The van der Waals surface area contributed by atoms with Crippen molar-refractivity contribution in [2.75, 3.05) is 19.9 Å². The Morgan fingerprint density at radius 3 is 2.70 bits per heavy atom. The Morgan fingerprint density at radius 1 is 1.19 bits per heavy atom. The molecular formula is C20H27N3O4. The van der Waals surface area contributed by atoms with E-state index in [1.54, 1.807) is 0 Å². The highest BCUT2D eigenvalue weighted by Gasteiger charge is 2.22. The first-order chi connectivity index (χ1) is 12.9. The molecule has 7 nitrogen and oxygen atoms in total. The molecule has 1 aromatic heterocycles. The van der Waals surface area contributed by atoms with Gasteiger partial charge in [0.15, 0.2) is 11.5 Å². The van der Waals surface area contributed by atoms with Crippen LogP contribution in [-0.2, 0) is 11.2 Å². The van der Waals surface area contributed by atoms with Crippen LogP contribution in [0.5, 0.6) is 11.5 Å². The highest BCUT2D eigenvalue weighted by molar-refractivity contribution is 5.76. The zero-order valence-electron chi connectivity index (χ0n) is 16.4. The van der Waals surface area contributed by atoms with Crippen molar-refractivity contribution in [3.05, 3.63) is 24.1 Å². The van der Waals surface area contributed by atoms with Crippen molar-refractivity contribution < 1.29 is 18.8 Å². The molecule has 0 fully saturated rings. The van der Waals surface area contributed by atoms with E-state index in [0.717, 1.165) is 24.3 Å². The molecule has 0 atom stereocenters. The Kier molecular flexibility index (Phi) is 5.68. The van der Waals surface area contributed by atoms with Crippen molar-refractivity contribution in [1.82, 2.24) is 15.0 Å². The fourth-order valence-corrected chi connectivity index (χ4v) is 2.94. The topological polar surface area (TPSA) is 77.7 Å². The molecule has 7 heteroatoms. The third kappa shape index (κ3) is 4.99. The summed E-state index contributed by atoms with van der Waals surface area (Å²) < 4.78 is 16.1. The van der Waals surface area contributed by atoms with Crippen molar-refractivity contribution in [3.8, 4) is 22.9 Å². The Morgan fingerprint density at radius 2 is 1.96 bits per heavy atom. The van der Waals surface area contributed by atoms with Gasteiger partial charge in [-0.1, -0.05) is 32.9 Å². The second-order valence-electron chi connectivity index (χ2n) is 7.95. The summed E-state index contributed by atoms with van der Waals surface area (Å²) in [7, 11) is 0. The minimum atomic E-state index is -0.0277. The molecule has 1 aliphatic heterocycles. The van der Waals surface area contributed by atoms with Crippen LogP contribution in [-0.4, -0.2) is 40.8 Å². The van der Waals surface area contributed by atoms with Gasteiger partial charge in [-0.25, -0.2) is 0 Å². The maximum atomic E-state index is 12.5. The zero-order chi connectivity index (χ0) is 19.4. The summed E-state index contributed by atoms with van der Waals surface area (Å²) in [5, 5.41) is 4.05. The van der Waals surface area contributed by atoms with E-state index in [9.17, 15) is 4.79 Å². The molecule has 0 radical (unpaired) electrons. The number of nitrogens with zero attached hydrogens (tertiary/aromatic N) is 3. The standard InChI is InChI=1S/C20H27N3O4/c1-5-9-23(18(24)12-20(2,3)4)10-8-17-21-19(22-27-17)14-6-7-15-16(11-14)26-13-25-15/h6-7,11H,5,8-10,12-13H2,1-4H3. The molecule has 1 aliphatic rings. The van der Waals surface area contributed by atoms with Crippen LogP contribution in [0.25, 0.3) is 11.4 Å². The molecule has 3 rings (SSSR count). The lowest BCUT2D eigenvalue weighted by Gasteiger charge is -2.26. The summed E-state index contributed by atoms with van der Waals surface area (Å²) in [5.41, 5.74) is 0.781. The minimum Gasteiger partial charge on any atom is -0.454 e. The summed E-state index contributed by atoms with van der Waals surface area (Å²) in [6, 6.07) is 5.55. The van der Waals surface area contributed by atoms with E-state index in [2.05, 4.69) is 37.8 Å². The Balaban J connectivity index is 1.63. The molecule has 2 aromatic rings. The molecular weight excluding hydrogens is 346 g/mol. The second kappa shape index (κ2) is 7.98. The van der Waals surface area contributed by atoms with Crippen LogP contribution >= 0.6 is 0 Å². The normalized spacial score (nSPS) is 13.0. The number of hydrogen-bond donors (Lipinski definition) is 0. The van der Waals surface area contributed by atoms with Crippen LogP contribution < -0.4 is 9.47 Å². The molecule has 1 amide bonds. The van der Waals surface area contributed by atoms with E-state index >= 15 is 0 Å². The average molecular weight is 373 g/mol. The molecule has 2 heterocycles. The van der Waals surface area contributed by atoms with E-state index in [4.69, 9.17) is 14.0 Å². The maximum Gasteiger partial charge on any atom is 0.231 e. The van der Waals surface area contributed by atoms with Gasteiger partial charge in [-0.15, -0.1) is 0 Å². The van der Waals surface area contributed by atoms with Crippen LogP contribution in [0.3, 0.4) is 0 Å². The molecule has 0 spiro atoms. The minimum absolute atomic E-state index is 0.0277. The van der Waals surface area contributed by atoms with Gasteiger partial charge in [0.2, 0.25) is 24.4 Å². The summed E-state index contributed by atoms with van der Waals surface area (Å²) in [4.78, 5) is 18.9. The van der Waals surface area contributed by atoms with Gasteiger partial charge < -0.3 is 18.9 Å². The maximum absolute atomic E-state index is 12.5. The summed E-state index contributed by atoms with van der Waals surface area (Å²) in [5.74, 6) is 2.59.